The van der Waals surface area contributed by atoms with Gasteiger partial charge >= 0.3 is 12.0 Å². The van der Waals surface area contributed by atoms with Crippen LogP contribution < -0.4 is 10.6 Å². The van der Waals surface area contributed by atoms with Gasteiger partial charge in [-0.2, -0.15) is 0 Å². The van der Waals surface area contributed by atoms with Crippen LogP contribution in [-0.2, 0) is 4.79 Å². The van der Waals surface area contributed by atoms with E-state index in [-0.39, 0.29) is 6.42 Å². The molecule has 0 heterocycles. The van der Waals surface area contributed by atoms with E-state index in [0.29, 0.717) is 10.7 Å². The summed E-state index contributed by atoms with van der Waals surface area (Å²) in [5.74, 6) is -1.11. The number of urea groups is 1. The van der Waals surface area contributed by atoms with Crippen LogP contribution >= 0.6 is 11.6 Å². The van der Waals surface area contributed by atoms with Crippen molar-refractivity contribution in [3.05, 3.63) is 41.4 Å². The van der Waals surface area contributed by atoms with E-state index in [4.69, 9.17) is 16.7 Å². The molecule has 102 valence electrons. The van der Waals surface area contributed by atoms with Gasteiger partial charge in [-0.15, -0.1) is 6.58 Å². The summed E-state index contributed by atoms with van der Waals surface area (Å²) < 4.78 is 0. The van der Waals surface area contributed by atoms with Crippen LogP contribution in [0, 0.1) is 6.92 Å². The van der Waals surface area contributed by atoms with Gasteiger partial charge in [0.2, 0.25) is 0 Å². The third kappa shape index (κ3) is 4.63. The fourth-order valence-corrected chi connectivity index (χ4v) is 1.56. The molecule has 0 bridgehead atoms. The first-order valence-electron chi connectivity index (χ1n) is 5.61. The second kappa shape index (κ2) is 6.80. The Labute approximate surface area is 116 Å². The van der Waals surface area contributed by atoms with Crippen molar-refractivity contribution in [2.75, 3.05) is 5.32 Å². The predicted octanol–water partition coefficient (Wildman–Crippen LogP) is 2.80. The minimum atomic E-state index is -1.11. The fourth-order valence-electron chi connectivity index (χ4n) is 1.38. The topological polar surface area (TPSA) is 78.4 Å². The molecule has 0 saturated carbocycles. The number of anilines is 1. The molecule has 0 aromatic heterocycles. The number of hydrogen-bond acceptors (Lipinski definition) is 2. The fraction of sp³-hybridized carbons (Fsp3) is 0.231. The van der Waals surface area contributed by atoms with Crippen LogP contribution in [0.3, 0.4) is 0 Å². The number of carboxylic acid groups (broad SMARTS) is 1. The summed E-state index contributed by atoms with van der Waals surface area (Å²) in [6.07, 6.45) is 1.58. The van der Waals surface area contributed by atoms with E-state index >= 15 is 0 Å². The Morgan fingerprint density at radius 1 is 1.53 bits per heavy atom. The Morgan fingerprint density at radius 2 is 2.21 bits per heavy atom. The van der Waals surface area contributed by atoms with Crippen molar-refractivity contribution in [3.63, 3.8) is 0 Å². The summed E-state index contributed by atoms with van der Waals surface area (Å²) >= 11 is 5.92. The molecular formula is C13H15ClN2O3. The van der Waals surface area contributed by atoms with Crippen LogP contribution in [0.4, 0.5) is 10.5 Å². The molecule has 6 heteroatoms. The van der Waals surface area contributed by atoms with Crippen molar-refractivity contribution in [1.82, 2.24) is 5.32 Å². The second-order valence-electron chi connectivity index (χ2n) is 3.98. The molecule has 0 saturated heterocycles. The van der Waals surface area contributed by atoms with Crippen molar-refractivity contribution in [2.45, 2.75) is 19.4 Å². The monoisotopic (exact) mass is 282 g/mol. The van der Waals surface area contributed by atoms with E-state index < -0.39 is 18.0 Å². The summed E-state index contributed by atoms with van der Waals surface area (Å²) in [4.78, 5) is 22.5. The number of aliphatic carboxylic acids is 1. The van der Waals surface area contributed by atoms with Gasteiger partial charge in [0, 0.05) is 10.7 Å². The molecule has 0 aliphatic heterocycles. The predicted molar refractivity (Wildman–Crippen MR) is 74.6 cm³/mol. The molecule has 1 rings (SSSR count). The number of nitrogens with one attached hydrogen (secondary N) is 2. The van der Waals surface area contributed by atoms with E-state index in [1.807, 2.05) is 6.92 Å². The number of rotatable bonds is 5. The van der Waals surface area contributed by atoms with Gasteiger partial charge in [-0.05, 0) is 31.0 Å². The second-order valence-corrected chi connectivity index (χ2v) is 4.38. The van der Waals surface area contributed by atoms with Gasteiger partial charge in [0.05, 0.1) is 0 Å². The average molecular weight is 283 g/mol. The standard InChI is InChI=1S/C13H15ClN2O3/c1-3-4-11(12(17)18)16-13(19)15-9-6-5-8(2)10(14)7-9/h3,5-7,11H,1,4H2,2H3,(H,17,18)(H2,15,16,19). The number of halogens is 1. The number of hydrogen-bond donors (Lipinski definition) is 3. The van der Waals surface area contributed by atoms with Gasteiger partial charge in [-0.1, -0.05) is 23.7 Å². The van der Waals surface area contributed by atoms with Crippen LogP contribution in [0.5, 0.6) is 0 Å². The number of aryl methyl sites for hydroxylation is 1. The van der Waals surface area contributed by atoms with Gasteiger partial charge in [0.1, 0.15) is 6.04 Å². The minimum absolute atomic E-state index is 0.150. The van der Waals surface area contributed by atoms with Crippen LogP contribution in [0.15, 0.2) is 30.9 Å². The van der Waals surface area contributed by atoms with Gasteiger partial charge in [0.25, 0.3) is 0 Å². The highest BCUT2D eigenvalue weighted by Crippen LogP contribution is 2.19. The van der Waals surface area contributed by atoms with Crippen molar-refractivity contribution in [2.24, 2.45) is 0 Å². The largest absolute Gasteiger partial charge is 0.480 e. The average Bonchev–Trinajstić information content (AvgIpc) is 2.33. The molecule has 0 aliphatic rings. The highest BCUT2D eigenvalue weighted by atomic mass is 35.5. The Bertz CT molecular complexity index is 503. The minimum Gasteiger partial charge on any atom is -0.480 e. The lowest BCUT2D eigenvalue weighted by molar-refractivity contribution is -0.139. The number of carbonyl (C=O) groups is 2. The summed E-state index contributed by atoms with van der Waals surface area (Å²) in [7, 11) is 0. The number of carbonyl (C=O) groups excluding carboxylic acids is 1. The first-order valence-corrected chi connectivity index (χ1v) is 5.99. The lowest BCUT2D eigenvalue weighted by Crippen LogP contribution is -2.42. The smallest absolute Gasteiger partial charge is 0.326 e. The maximum absolute atomic E-state index is 11.6. The van der Waals surface area contributed by atoms with Crippen LogP contribution in [0.1, 0.15) is 12.0 Å². The number of amides is 2. The normalized spacial score (nSPS) is 11.5. The van der Waals surface area contributed by atoms with E-state index in [9.17, 15) is 9.59 Å². The lowest BCUT2D eigenvalue weighted by atomic mass is 10.2. The molecule has 5 nitrogen and oxygen atoms in total. The van der Waals surface area contributed by atoms with Gasteiger partial charge in [-0.25, -0.2) is 9.59 Å². The zero-order chi connectivity index (χ0) is 14.4. The molecule has 0 aliphatic carbocycles. The molecule has 0 fully saturated rings. The molecule has 1 aromatic rings. The van der Waals surface area contributed by atoms with E-state index in [1.54, 1.807) is 18.2 Å². The zero-order valence-electron chi connectivity index (χ0n) is 10.4. The zero-order valence-corrected chi connectivity index (χ0v) is 11.2. The third-order valence-electron chi connectivity index (χ3n) is 2.44. The number of benzene rings is 1. The Morgan fingerprint density at radius 3 is 2.74 bits per heavy atom. The Balaban J connectivity index is 2.65. The van der Waals surface area contributed by atoms with Gasteiger partial charge in [-0.3, -0.25) is 0 Å². The summed E-state index contributed by atoms with van der Waals surface area (Å²) in [5, 5.41) is 14.3. The molecule has 1 unspecified atom stereocenters. The lowest BCUT2D eigenvalue weighted by Gasteiger charge is -2.13. The molecule has 0 spiro atoms. The van der Waals surface area contributed by atoms with E-state index in [2.05, 4.69) is 17.2 Å². The summed E-state index contributed by atoms with van der Waals surface area (Å²) in [5.41, 5.74) is 1.39. The van der Waals surface area contributed by atoms with Crippen LogP contribution in [-0.4, -0.2) is 23.1 Å². The van der Waals surface area contributed by atoms with Gasteiger partial charge in [0.15, 0.2) is 0 Å². The van der Waals surface area contributed by atoms with Crippen molar-refractivity contribution >= 4 is 29.3 Å². The Kier molecular flexibility index (Phi) is 5.38. The molecule has 0 radical (unpaired) electrons. The molecule has 19 heavy (non-hydrogen) atoms. The van der Waals surface area contributed by atoms with E-state index in [0.717, 1.165) is 5.56 Å². The van der Waals surface area contributed by atoms with Crippen LogP contribution in [0.25, 0.3) is 0 Å². The highest BCUT2D eigenvalue weighted by molar-refractivity contribution is 6.31. The first kappa shape index (κ1) is 15.0. The SMILES string of the molecule is C=CCC(NC(=O)Nc1ccc(C)c(Cl)c1)C(=O)O. The molecule has 2 amide bonds. The molecule has 3 N–H and O–H groups in total. The maximum atomic E-state index is 11.6. The summed E-state index contributed by atoms with van der Waals surface area (Å²) in [6, 6.07) is 3.44. The first-order chi connectivity index (χ1) is 8.93. The molecule has 1 atom stereocenters. The van der Waals surface area contributed by atoms with Crippen molar-refractivity contribution < 1.29 is 14.7 Å². The van der Waals surface area contributed by atoms with Crippen LogP contribution in [0.2, 0.25) is 5.02 Å². The molecular weight excluding hydrogens is 268 g/mol. The quantitative estimate of drug-likeness (QED) is 0.727. The van der Waals surface area contributed by atoms with E-state index in [1.165, 1.54) is 6.08 Å². The van der Waals surface area contributed by atoms with Crippen molar-refractivity contribution in [1.29, 1.82) is 0 Å². The molecule has 1 aromatic carbocycles. The third-order valence-corrected chi connectivity index (χ3v) is 2.84. The van der Waals surface area contributed by atoms with Crippen molar-refractivity contribution in [3.8, 4) is 0 Å². The summed E-state index contributed by atoms with van der Waals surface area (Å²) in [6.45, 7) is 5.29. The Hall–Kier alpha value is -2.01. The van der Waals surface area contributed by atoms with Gasteiger partial charge < -0.3 is 15.7 Å². The maximum Gasteiger partial charge on any atom is 0.326 e. The highest BCUT2D eigenvalue weighted by Gasteiger charge is 2.18. The number of carboxylic acids is 1.